The molecule has 2 atom stereocenters. The Bertz CT molecular complexity index is 395. The van der Waals surface area contributed by atoms with Gasteiger partial charge in [0.15, 0.2) is 0 Å². The molecule has 2 aliphatic heterocycles. The Morgan fingerprint density at radius 1 is 1.32 bits per heavy atom. The van der Waals surface area contributed by atoms with Crippen LogP contribution < -0.4 is 5.32 Å². The zero-order chi connectivity index (χ0) is 13.1. The van der Waals surface area contributed by atoms with Crippen LogP contribution in [0.2, 0.25) is 0 Å². The molecule has 2 heteroatoms. The van der Waals surface area contributed by atoms with E-state index in [9.17, 15) is 0 Å². The lowest BCUT2D eigenvalue weighted by molar-refractivity contribution is 0.203. The van der Waals surface area contributed by atoms with Crippen molar-refractivity contribution < 1.29 is 0 Å². The van der Waals surface area contributed by atoms with E-state index in [-0.39, 0.29) is 0 Å². The summed E-state index contributed by atoms with van der Waals surface area (Å²) in [6, 6.07) is 11.0. The average Bonchev–Trinajstić information content (AvgIpc) is 3.01. The van der Waals surface area contributed by atoms with Crippen molar-refractivity contribution in [2.45, 2.75) is 26.2 Å². The summed E-state index contributed by atoms with van der Waals surface area (Å²) in [6.07, 6.45) is 3.97. The highest BCUT2D eigenvalue weighted by Crippen LogP contribution is 2.29. The molecule has 1 N–H and O–H groups in total. The molecule has 0 aromatic heterocycles. The van der Waals surface area contributed by atoms with Crippen LogP contribution in [-0.4, -0.2) is 37.6 Å². The maximum atomic E-state index is 3.51. The summed E-state index contributed by atoms with van der Waals surface area (Å²) in [7, 11) is 0. The summed E-state index contributed by atoms with van der Waals surface area (Å²) in [5, 5.41) is 3.51. The smallest absolute Gasteiger partial charge is 0.00481 e. The minimum atomic E-state index is 0.516. The normalized spacial score (nSPS) is 31.9. The van der Waals surface area contributed by atoms with Crippen LogP contribution in [0.15, 0.2) is 30.3 Å². The van der Waals surface area contributed by atoms with Crippen LogP contribution in [0.1, 0.15) is 25.3 Å². The molecule has 19 heavy (non-hydrogen) atoms. The summed E-state index contributed by atoms with van der Waals surface area (Å²) in [6.45, 7) is 8.73. The van der Waals surface area contributed by atoms with Crippen LogP contribution in [0.25, 0.3) is 0 Å². The van der Waals surface area contributed by atoms with Gasteiger partial charge in [0.05, 0.1) is 0 Å². The van der Waals surface area contributed by atoms with E-state index >= 15 is 0 Å². The molecule has 104 valence electrons. The van der Waals surface area contributed by atoms with Crippen LogP contribution >= 0.6 is 0 Å². The molecule has 2 saturated heterocycles. The zero-order valence-corrected chi connectivity index (χ0v) is 12.1. The first-order valence-electron chi connectivity index (χ1n) is 7.71. The molecule has 0 saturated carbocycles. The molecule has 2 nitrogen and oxygen atoms in total. The van der Waals surface area contributed by atoms with Crippen molar-refractivity contribution in [3.63, 3.8) is 0 Å². The number of hydrogen-bond acceptors (Lipinski definition) is 2. The first-order valence-corrected chi connectivity index (χ1v) is 7.71. The van der Waals surface area contributed by atoms with E-state index in [1.807, 2.05) is 0 Å². The van der Waals surface area contributed by atoms with Crippen molar-refractivity contribution in [1.29, 1.82) is 0 Å². The van der Waals surface area contributed by atoms with Gasteiger partial charge in [-0.05, 0) is 49.2 Å². The van der Waals surface area contributed by atoms with Gasteiger partial charge in [-0.15, -0.1) is 0 Å². The fourth-order valence-corrected chi connectivity index (χ4v) is 3.71. The van der Waals surface area contributed by atoms with Crippen LogP contribution in [0.3, 0.4) is 0 Å². The zero-order valence-electron chi connectivity index (χ0n) is 12.1. The average molecular weight is 258 g/mol. The predicted molar refractivity (Wildman–Crippen MR) is 80.3 cm³/mol. The molecule has 3 rings (SSSR count). The van der Waals surface area contributed by atoms with E-state index in [1.165, 1.54) is 57.5 Å². The lowest BCUT2D eigenvalue weighted by Gasteiger charge is -2.29. The molecule has 2 aliphatic rings. The Balaban J connectivity index is 1.50. The van der Waals surface area contributed by atoms with Gasteiger partial charge < -0.3 is 10.2 Å². The van der Waals surface area contributed by atoms with Crippen molar-refractivity contribution in [3.05, 3.63) is 35.9 Å². The van der Waals surface area contributed by atoms with Gasteiger partial charge >= 0.3 is 0 Å². The van der Waals surface area contributed by atoms with E-state index in [1.54, 1.807) is 0 Å². The number of rotatable bonds is 4. The van der Waals surface area contributed by atoms with Gasteiger partial charge in [-0.25, -0.2) is 0 Å². The predicted octanol–water partition coefficient (Wildman–Crippen LogP) is 2.55. The molecule has 1 aromatic carbocycles. The standard InChI is InChI=1S/C17H26N2/c1-17(8-9-18-13-17)14-19-10-7-16(12-19)11-15-5-3-2-4-6-15/h2-6,16,18H,7-14H2,1H3. The number of hydrogen-bond donors (Lipinski definition) is 1. The SMILES string of the molecule is CC1(CN2CCC(Cc3ccccc3)C2)CCNC1. The van der Waals surface area contributed by atoms with Crippen LogP contribution in [0.4, 0.5) is 0 Å². The Kier molecular flexibility index (Phi) is 3.90. The molecule has 1 aromatic rings. The molecule has 2 heterocycles. The molecule has 0 radical (unpaired) electrons. The highest BCUT2D eigenvalue weighted by Gasteiger charge is 2.33. The van der Waals surface area contributed by atoms with Gasteiger partial charge in [0.1, 0.15) is 0 Å². The van der Waals surface area contributed by atoms with Crippen LogP contribution in [0, 0.1) is 11.3 Å². The molecular weight excluding hydrogens is 232 g/mol. The molecule has 2 unspecified atom stereocenters. The maximum absolute atomic E-state index is 3.51. The third-order valence-corrected chi connectivity index (χ3v) is 4.80. The second kappa shape index (κ2) is 5.64. The van der Waals surface area contributed by atoms with Crippen molar-refractivity contribution in [1.82, 2.24) is 10.2 Å². The molecule has 0 amide bonds. The van der Waals surface area contributed by atoms with Gasteiger partial charge in [0, 0.05) is 19.6 Å². The van der Waals surface area contributed by atoms with Gasteiger partial charge in [-0.3, -0.25) is 0 Å². The van der Waals surface area contributed by atoms with Gasteiger partial charge in [0.2, 0.25) is 0 Å². The number of benzene rings is 1. The van der Waals surface area contributed by atoms with E-state index in [2.05, 4.69) is 47.5 Å². The fourth-order valence-electron chi connectivity index (χ4n) is 3.71. The summed E-state index contributed by atoms with van der Waals surface area (Å²) < 4.78 is 0. The quantitative estimate of drug-likeness (QED) is 0.893. The van der Waals surface area contributed by atoms with E-state index in [4.69, 9.17) is 0 Å². The van der Waals surface area contributed by atoms with Crippen molar-refractivity contribution in [2.24, 2.45) is 11.3 Å². The Morgan fingerprint density at radius 2 is 2.16 bits per heavy atom. The largest absolute Gasteiger partial charge is 0.316 e. The second-order valence-corrected chi connectivity index (χ2v) is 6.82. The lowest BCUT2D eigenvalue weighted by Crippen LogP contribution is -2.36. The molecule has 0 bridgehead atoms. The third kappa shape index (κ3) is 3.37. The number of nitrogens with zero attached hydrogens (tertiary/aromatic N) is 1. The fraction of sp³-hybridized carbons (Fsp3) is 0.647. The minimum Gasteiger partial charge on any atom is -0.316 e. The lowest BCUT2D eigenvalue weighted by atomic mass is 9.89. The van der Waals surface area contributed by atoms with Gasteiger partial charge in [0.25, 0.3) is 0 Å². The van der Waals surface area contributed by atoms with Crippen molar-refractivity contribution in [3.8, 4) is 0 Å². The summed E-state index contributed by atoms with van der Waals surface area (Å²) >= 11 is 0. The van der Waals surface area contributed by atoms with Gasteiger partial charge in [-0.2, -0.15) is 0 Å². The molecule has 0 spiro atoms. The van der Waals surface area contributed by atoms with Crippen LogP contribution in [0.5, 0.6) is 0 Å². The number of nitrogens with one attached hydrogen (secondary N) is 1. The first kappa shape index (κ1) is 13.1. The molecular formula is C17H26N2. The van der Waals surface area contributed by atoms with Crippen LogP contribution in [-0.2, 0) is 6.42 Å². The van der Waals surface area contributed by atoms with E-state index in [0.29, 0.717) is 5.41 Å². The Morgan fingerprint density at radius 3 is 2.89 bits per heavy atom. The van der Waals surface area contributed by atoms with Gasteiger partial charge in [-0.1, -0.05) is 37.3 Å². The number of likely N-dealkylation sites (tertiary alicyclic amines) is 1. The molecule has 2 fully saturated rings. The van der Waals surface area contributed by atoms with Crippen molar-refractivity contribution in [2.75, 3.05) is 32.7 Å². The summed E-state index contributed by atoms with van der Waals surface area (Å²) in [5.41, 5.74) is 2.02. The van der Waals surface area contributed by atoms with E-state index in [0.717, 1.165) is 5.92 Å². The minimum absolute atomic E-state index is 0.516. The monoisotopic (exact) mass is 258 g/mol. The Hall–Kier alpha value is -0.860. The maximum Gasteiger partial charge on any atom is 0.00481 e. The topological polar surface area (TPSA) is 15.3 Å². The first-order chi connectivity index (χ1) is 9.23. The second-order valence-electron chi connectivity index (χ2n) is 6.82. The molecule has 0 aliphatic carbocycles. The Labute approximate surface area is 117 Å². The van der Waals surface area contributed by atoms with Crippen molar-refractivity contribution >= 4 is 0 Å². The highest BCUT2D eigenvalue weighted by molar-refractivity contribution is 5.15. The third-order valence-electron chi connectivity index (χ3n) is 4.80. The highest BCUT2D eigenvalue weighted by atomic mass is 15.2. The summed E-state index contributed by atoms with van der Waals surface area (Å²) in [5.74, 6) is 0.861. The van der Waals surface area contributed by atoms with E-state index < -0.39 is 0 Å². The summed E-state index contributed by atoms with van der Waals surface area (Å²) in [4.78, 5) is 2.70.